The van der Waals surface area contributed by atoms with E-state index < -0.39 is 0 Å². The van der Waals surface area contributed by atoms with Crippen LogP contribution < -0.4 is 4.74 Å². The molecule has 1 N–H and O–H groups in total. The van der Waals surface area contributed by atoms with Gasteiger partial charge in [0.25, 0.3) is 0 Å². The van der Waals surface area contributed by atoms with Gasteiger partial charge >= 0.3 is 0 Å². The minimum absolute atomic E-state index is 0.0955. The number of aliphatic hydroxyl groups is 1. The van der Waals surface area contributed by atoms with Gasteiger partial charge in [-0.25, -0.2) is 0 Å². The summed E-state index contributed by atoms with van der Waals surface area (Å²) in [5.74, 6) is 2.11. The van der Waals surface area contributed by atoms with Crippen LogP contribution in [-0.4, -0.2) is 18.3 Å². The van der Waals surface area contributed by atoms with Gasteiger partial charge in [0.2, 0.25) is 0 Å². The highest BCUT2D eigenvalue weighted by atomic mass is 16.5. The Morgan fingerprint density at radius 3 is 2.28 bits per heavy atom. The Hall–Kier alpha value is -1.02. The largest absolute Gasteiger partial charge is 0.497 e. The van der Waals surface area contributed by atoms with Crippen LogP contribution in [-0.2, 0) is 0 Å². The Morgan fingerprint density at radius 2 is 1.78 bits per heavy atom. The van der Waals surface area contributed by atoms with Gasteiger partial charge < -0.3 is 9.84 Å². The van der Waals surface area contributed by atoms with E-state index >= 15 is 0 Å². The second kappa shape index (κ2) is 6.24. The van der Waals surface area contributed by atoms with Gasteiger partial charge in [0.1, 0.15) is 5.75 Å². The summed E-state index contributed by atoms with van der Waals surface area (Å²) in [5, 5.41) is 9.89. The van der Waals surface area contributed by atoms with E-state index in [0.717, 1.165) is 25.0 Å². The fourth-order valence-electron chi connectivity index (χ4n) is 3.05. The van der Waals surface area contributed by atoms with Gasteiger partial charge in [-0.05, 0) is 61.6 Å². The van der Waals surface area contributed by atoms with E-state index in [9.17, 15) is 5.11 Å². The molecule has 0 spiro atoms. The molecule has 1 aromatic rings. The van der Waals surface area contributed by atoms with E-state index in [2.05, 4.69) is 19.1 Å². The van der Waals surface area contributed by atoms with Gasteiger partial charge in [0.05, 0.1) is 13.2 Å². The molecule has 2 rings (SSSR count). The third kappa shape index (κ3) is 3.05. The summed E-state index contributed by atoms with van der Waals surface area (Å²) >= 11 is 0. The van der Waals surface area contributed by atoms with Crippen molar-refractivity contribution in [3.05, 3.63) is 29.8 Å². The van der Waals surface area contributed by atoms with Crippen molar-refractivity contribution in [3.8, 4) is 5.75 Å². The molecule has 0 bridgehead atoms. The van der Waals surface area contributed by atoms with E-state index in [4.69, 9.17) is 4.74 Å². The van der Waals surface area contributed by atoms with Gasteiger partial charge in [0, 0.05) is 0 Å². The Bertz CT molecular complexity index is 350. The molecular weight excluding hydrogens is 224 g/mol. The molecule has 18 heavy (non-hydrogen) atoms. The predicted molar refractivity (Wildman–Crippen MR) is 74.0 cm³/mol. The summed E-state index contributed by atoms with van der Waals surface area (Å²) < 4.78 is 5.19. The van der Waals surface area contributed by atoms with Crippen molar-refractivity contribution in [2.75, 3.05) is 7.11 Å². The van der Waals surface area contributed by atoms with E-state index in [1.54, 1.807) is 7.11 Å². The molecule has 0 radical (unpaired) electrons. The molecule has 1 aliphatic rings. The van der Waals surface area contributed by atoms with E-state index in [-0.39, 0.29) is 6.10 Å². The van der Waals surface area contributed by atoms with Crippen molar-refractivity contribution < 1.29 is 9.84 Å². The van der Waals surface area contributed by atoms with Crippen LogP contribution in [0.2, 0.25) is 0 Å². The van der Waals surface area contributed by atoms with Gasteiger partial charge in [-0.2, -0.15) is 0 Å². The molecule has 1 atom stereocenters. The number of ether oxygens (including phenoxy) is 1. The lowest BCUT2D eigenvalue weighted by Crippen LogP contribution is -2.24. The molecule has 1 unspecified atom stereocenters. The molecule has 1 fully saturated rings. The highest BCUT2D eigenvalue weighted by molar-refractivity contribution is 5.29. The first kappa shape index (κ1) is 13.4. The fraction of sp³-hybridized carbons (Fsp3) is 0.625. The summed E-state index contributed by atoms with van der Waals surface area (Å²) in [6.45, 7) is 2.07. The zero-order chi connectivity index (χ0) is 13.0. The monoisotopic (exact) mass is 248 g/mol. The SMILES string of the molecule is CCC(O)C1CCC(c2ccc(OC)cc2)CC1. The molecule has 0 heterocycles. The third-order valence-electron chi connectivity index (χ3n) is 4.32. The zero-order valence-corrected chi connectivity index (χ0v) is 11.4. The molecule has 0 amide bonds. The van der Waals surface area contributed by atoms with Crippen LogP contribution in [0.4, 0.5) is 0 Å². The first-order chi connectivity index (χ1) is 8.74. The highest BCUT2D eigenvalue weighted by Gasteiger charge is 2.26. The van der Waals surface area contributed by atoms with Gasteiger partial charge in [-0.15, -0.1) is 0 Å². The molecule has 0 aromatic heterocycles. The van der Waals surface area contributed by atoms with Crippen LogP contribution in [0.1, 0.15) is 50.5 Å². The summed E-state index contributed by atoms with van der Waals surface area (Å²) in [7, 11) is 1.70. The summed E-state index contributed by atoms with van der Waals surface area (Å²) in [6, 6.07) is 8.45. The lowest BCUT2D eigenvalue weighted by atomic mass is 9.76. The maximum absolute atomic E-state index is 9.89. The van der Waals surface area contributed by atoms with Crippen molar-refractivity contribution in [2.45, 2.75) is 51.0 Å². The molecule has 1 aromatic carbocycles. The van der Waals surface area contributed by atoms with Crippen LogP contribution in [0, 0.1) is 5.92 Å². The molecule has 0 aliphatic heterocycles. The van der Waals surface area contributed by atoms with Crippen molar-refractivity contribution in [1.82, 2.24) is 0 Å². The Balaban J connectivity index is 1.92. The van der Waals surface area contributed by atoms with Crippen LogP contribution in [0.5, 0.6) is 5.75 Å². The minimum atomic E-state index is -0.0955. The van der Waals surface area contributed by atoms with Crippen LogP contribution in [0.25, 0.3) is 0 Å². The number of rotatable bonds is 4. The minimum Gasteiger partial charge on any atom is -0.497 e. The zero-order valence-electron chi connectivity index (χ0n) is 11.4. The smallest absolute Gasteiger partial charge is 0.118 e. The Morgan fingerprint density at radius 1 is 1.17 bits per heavy atom. The maximum Gasteiger partial charge on any atom is 0.118 e. The molecule has 1 saturated carbocycles. The van der Waals surface area contributed by atoms with Crippen LogP contribution in [0.15, 0.2) is 24.3 Å². The standard InChI is InChI=1S/C16H24O2/c1-3-16(17)14-6-4-12(5-7-14)13-8-10-15(18-2)11-9-13/h8-12,14,16-17H,3-7H2,1-2H3. The highest BCUT2D eigenvalue weighted by Crippen LogP contribution is 2.37. The normalized spacial score (nSPS) is 25.7. The van der Waals surface area contributed by atoms with Crippen molar-refractivity contribution in [3.63, 3.8) is 0 Å². The Kier molecular flexibility index (Phi) is 4.65. The fourth-order valence-corrected chi connectivity index (χ4v) is 3.05. The summed E-state index contributed by atoms with van der Waals surface area (Å²) in [6.07, 6.45) is 5.51. The lowest BCUT2D eigenvalue weighted by Gasteiger charge is -2.31. The molecule has 2 nitrogen and oxygen atoms in total. The lowest BCUT2D eigenvalue weighted by molar-refractivity contribution is 0.0778. The average Bonchev–Trinajstić information content (AvgIpc) is 2.47. The van der Waals surface area contributed by atoms with Crippen molar-refractivity contribution >= 4 is 0 Å². The van der Waals surface area contributed by atoms with E-state index in [1.807, 2.05) is 12.1 Å². The maximum atomic E-state index is 9.89. The van der Waals surface area contributed by atoms with E-state index in [1.165, 1.54) is 18.4 Å². The average molecular weight is 248 g/mol. The van der Waals surface area contributed by atoms with Crippen LogP contribution >= 0.6 is 0 Å². The molecule has 0 saturated heterocycles. The quantitative estimate of drug-likeness (QED) is 0.879. The first-order valence-corrected chi connectivity index (χ1v) is 7.06. The number of benzene rings is 1. The molecule has 100 valence electrons. The topological polar surface area (TPSA) is 29.5 Å². The molecule has 1 aliphatic carbocycles. The number of hydrogen-bond acceptors (Lipinski definition) is 2. The Labute approximate surface area is 110 Å². The van der Waals surface area contributed by atoms with Crippen molar-refractivity contribution in [2.24, 2.45) is 5.92 Å². The van der Waals surface area contributed by atoms with Crippen molar-refractivity contribution in [1.29, 1.82) is 0 Å². The third-order valence-corrected chi connectivity index (χ3v) is 4.32. The molecular formula is C16H24O2. The first-order valence-electron chi connectivity index (χ1n) is 7.06. The molecule has 2 heteroatoms. The summed E-state index contributed by atoms with van der Waals surface area (Å²) in [4.78, 5) is 0. The number of methoxy groups -OCH3 is 1. The predicted octanol–water partition coefficient (Wildman–Crippen LogP) is 3.74. The number of aliphatic hydroxyl groups excluding tert-OH is 1. The van der Waals surface area contributed by atoms with Gasteiger partial charge in [-0.3, -0.25) is 0 Å². The summed E-state index contributed by atoms with van der Waals surface area (Å²) in [5.41, 5.74) is 1.42. The second-order valence-electron chi connectivity index (χ2n) is 5.36. The van der Waals surface area contributed by atoms with Gasteiger partial charge in [-0.1, -0.05) is 19.1 Å². The number of hydrogen-bond donors (Lipinski definition) is 1. The van der Waals surface area contributed by atoms with Crippen LogP contribution in [0.3, 0.4) is 0 Å². The van der Waals surface area contributed by atoms with E-state index in [0.29, 0.717) is 11.8 Å². The van der Waals surface area contributed by atoms with Gasteiger partial charge in [0.15, 0.2) is 0 Å². The second-order valence-corrected chi connectivity index (χ2v) is 5.36.